The van der Waals surface area contributed by atoms with Crippen molar-refractivity contribution >= 4 is 5.91 Å². The van der Waals surface area contributed by atoms with Gasteiger partial charge in [0, 0.05) is 6.42 Å². The first kappa shape index (κ1) is 17.5. The molecule has 0 radical (unpaired) electrons. The van der Waals surface area contributed by atoms with Gasteiger partial charge in [-0.2, -0.15) is 13.2 Å². The van der Waals surface area contributed by atoms with Crippen LogP contribution in [0.5, 0.6) is 0 Å². The topological polar surface area (TPSA) is 49.3 Å². The standard InChI is InChI=1S/C15H20F3NO2/c1-3-14(21,4-2)10-12(11-8-6-5-7-9-11)19-13(20)15(16,17)18/h5-9,12,21H,3-4,10H2,1-2H3,(H,19,20)/t12-/m1/s1. The third kappa shape index (κ3) is 5.04. The molecule has 0 spiro atoms. The van der Waals surface area contributed by atoms with Gasteiger partial charge in [0.25, 0.3) is 0 Å². The van der Waals surface area contributed by atoms with Crippen LogP contribution < -0.4 is 5.32 Å². The van der Waals surface area contributed by atoms with Gasteiger partial charge in [-0.3, -0.25) is 4.79 Å². The third-order valence-corrected chi connectivity index (χ3v) is 3.67. The van der Waals surface area contributed by atoms with Gasteiger partial charge in [0.15, 0.2) is 0 Å². The van der Waals surface area contributed by atoms with Crippen molar-refractivity contribution in [3.63, 3.8) is 0 Å². The zero-order chi connectivity index (χ0) is 16.1. The first-order chi connectivity index (χ1) is 9.72. The Morgan fingerprint density at radius 2 is 1.71 bits per heavy atom. The molecule has 21 heavy (non-hydrogen) atoms. The monoisotopic (exact) mass is 303 g/mol. The van der Waals surface area contributed by atoms with Crippen LogP contribution in [0.2, 0.25) is 0 Å². The highest BCUT2D eigenvalue weighted by Gasteiger charge is 2.41. The fourth-order valence-electron chi connectivity index (χ4n) is 2.10. The average Bonchev–Trinajstić information content (AvgIpc) is 2.46. The number of alkyl halides is 3. The van der Waals surface area contributed by atoms with Crippen LogP contribution in [0, 0.1) is 0 Å². The molecule has 1 atom stereocenters. The van der Waals surface area contributed by atoms with Gasteiger partial charge in [-0.15, -0.1) is 0 Å². The maximum Gasteiger partial charge on any atom is 0.471 e. The van der Waals surface area contributed by atoms with Crippen LogP contribution in [0.4, 0.5) is 13.2 Å². The van der Waals surface area contributed by atoms with E-state index in [9.17, 15) is 23.1 Å². The number of aliphatic hydroxyl groups is 1. The lowest BCUT2D eigenvalue weighted by Crippen LogP contribution is -2.42. The molecule has 3 nitrogen and oxygen atoms in total. The predicted octanol–water partition coefficient (Wildman–Crippen LogP) is 3.35. The molecule has 0 aliphatic rings. The number of carbonyl (C=O) groups is 1. The fourth-order valence-corrected chi connectivity index (χ4v) is 2.10. The van der Waals surface area contributed by atoms with E-state index in [0.717, 1.165) is 0 Å². The highest BCUT2D eigenvalue weighted by molar-refractivity contribution is 5.82. The molecule has 6 heteroatoms. The summed E-state index contributed by atoms with van der Waals surface area (Å²) < 4.78 is 37.3. The summed E-state index contributed by atoms with van der Waals surface area (Å²) in [6.07, 6.45) is -4.11. The van der Waals surface area contributed by atoms with E-state index in [-0.39, 0.29) is 6.42 Å². The average molecular weight is 303 g/mol. The Bertz CT molecular complexity index is 456. The number of carbonyl (C=O) groups excluding carboxylic acids is 1. The van der Waals surface area contributed by atoms with Gasteiger partial charge in [-0.1, -0.05) is 44.2 Å². The van der Waals surface area contributed by atoms with Crippen molar-refractivity contribution in [1.82, 2.24) is 5.32 Å². The number of halogens is 3. The van der Waals surface area contributed by atoms with Gasteiger partial charge in [-0.25, -0.2) is 0 Å². The van der Waals surface area contributed by atoms with Crippen molar-refractivity contribution in [2.75, 3.05) is 0 Å². The van der Waals surface area contributed by atoms with Gasteiger partial charge in [-0.05, 0) is 18.4 Å². The highest BCUT2D eigenvalue weighted by Crippen LogP contribution is 2.30. The minimum Gasteiger partial charge on any atom is -0.390 e. The van der Waals surface area contributed by atoms with E-state index < -0.39 is 23.7 Å². The number of benzene rings is 1. The molecule has 118 valence electrons. The minimum atomic E-state index is -4.94. The Morgan fingerprint density at radius 3 is 2.14 bits per heavy atom. The minimum absolute atomic E-state index is 0.0336. The van der Waals surface area contributed by atoms with Crippen LogP contribution in [-0.2, 0) is 4.79 Å². The molecule has 0 heterocycles. The van der Waals surface area contributed by atoms with Gasteiger partial charge < -0.3 is 10.4 Å². The molecule has 0 bridgehead atoms. The van der Waals surface area contributed by atoms with Crippen molar-refractivity contribution in [3.8, 4) is 0 Å². The normalized spacial score (nSPS) is 13.8. The van der Waals surface area contributed by atoms with E-state index in [1.54, 1.807) is 44.2 Å². The first-order valence-electron chi connectivity index (χ1n) is 6.87. The summed E-state index contributed by atoms with van der Waals surface area (Å²) in [5, 5.41) is 12.3. The number of hydrogen-bond donors (Lipinski definition) is 2. The maximum absolute atomic E-state index is 12.4. The number of amides is 1. The van der Waals surface area contributed by atoms with E-state index in [1.165, 1.54) is 0 Å². The van der Waals surface area contributed by atoms with Crippen LogP contribution in [0.3, 0.4) is 0 Å². The van der Waals surface area contributed by atoms with E-state index in [4.69, 9.17) is 0 Å². The fraction of sp³-hybridized carbons (Fsp3) is 0.533. The molecule has 1 rings (SSSR count). The van der Waals surface area contributed by atoms with Crippen LogP contribution in [0.25, 0.3) is 0 Å². The second-order valence-corrected chi connectivity index (χ2v) is 5.07. The quantitative estimate of drug-likeness (QED) is 0.846. The molecule has 1 aromatic carbocycles. The smallest absolute Gasteiger partial charge is 0.390 e. The highest BCUT2D eigenvalue weighted by atomic mass is 19.4. The molecule has 0 saturated carbocycles. The lowest BCUT2D eigenvalue weighted by Gasteiger charge is -2.31. The Kier molecular flexibility index (Phi) is 5.78. The summed E-state index contributed by atoms with van der Waals surface area (Å²) in [6.45, 7) is 3.52. The molecule has 0 aromatic heterocycles. The lowest BCUT2D eigenvalue weighted by atomic mass is 9.87. The van der Waals surface area contributed by atoms with E-state index >= 15 is 0 Å². The molecule has 0 unspecified atom stereocenters. The van der Waals surface area contributed by atoms with Crippen molar-refractivity contribution in [2.45, 2.75) is 50.9 Å². The molecular formula is C15H20F3NO2. The van der Waals surface area contributed by atoms with Crippen molar-refractivity contribution in [1.29, 1.82) is 0 Å². The zero-order valence-corrected chi connectivity index (χ0v) is 12.1. The molecule has 0 fully saturated rings. The van der Waals surface area contributed by atoms with Gasteiger partial charge in [0.1, 0.15) is 0 Å². The summed E-state index contributed by atoms with van der Waals surface area (Å²) in [7, 11) is 0. The second kappa shape index (κ2) is 6.93. The SMILES string of the molecule is CCC(O)(CC)C[C@@H](NC(=O)C(F)(F)F)c1ccccc1. The lowest BCUT2D eigenvalue weighted by molar-refractivity contribution is -0.174. The first-order valence-corrected chi connectivity index (χ1v) is 6.87. The van der Waals surface area contributed by atoms with Gasteiger partial charge in [0.05, 0.1) is 11.6 Å². The summed E-state index contributed by atoms with van der Waals surface area (Å²) >= 11 is 0. The summed E-state index contributed by atoms with van der Waals surface area (Å²) in [5.74, 6) is -1.99. The Morgan fingerprint density at radius 1 is 1.19 bits per heavy atom. The largest absolute Gasteiger partial charge is 0.471 e. The Hall–Kier alpha value is -1.56. The Labute approximate surface area is 122 Å². The van der Waals surface area contributed by atoms with Crippen LogP contribution in [-0.4, -0.2) is 22.8 Å². The summed E-state index contributed by atoms with van der Waals surface area (Å²) in [5.41, 5.74) is -0.574. The molecule has 2 N–H and O–H groups in total. The van der Waals surface area contributed by atoms with Crippen molar-refractivity contribution in [2.24, 2.45) is 0 Å². The van der Waals surface area contributed by atoms with Crippen molar-refractivity contribution < 1.29 is 23.1 Å². The number of nitrogens with one attached hydrogen (secondary N) is 1. The number of hydrogen-bond acceptors (Lipinski definition) is 2. The molecule has 1 aromatic rings. The van der Waals surface area contributed by atoms with Gasteiger partial charge in [0.2, 0.25) is 0 Å². The summed E-state index contributed by atoms with van der Waals surface area (Å²) in [4.78, 5) is 11.2. The molecule has 0 aliphatic carbocycles. The number of rotatable bonds is 6. The maximum atomic E-state index is 12.4. The predicted molar refractivity (Wildman–Crippen MR) is 73.5 cm³/mol. The van der Waals surface area contributed by atoms with E-state index in [2.05, 4.69) is 0 Å². The van der Waals surface area contributed by atoms with Crippen LogP contribution in [0.15, 0.2) is 30.3 Å². The molecule has 0 saturated heterocycles. The van der Waals surface area contributed by atoms with Crippen LogP contribution >= 0.6 is 0 Å². The van der Waals surface area contributed by atoms with Gasteiger partial charge >= 0.3 is 12.1 Å². The van der Waals surface area contributed by atoms with Crippen LogP contribution in [0.1, 0.15) is 44.7 Å². The van der Waals surface area contributed by atoms with E-state index in [0.29, 0.717) is 18.4 Å². The summed E-state index contributed by atoms with van der Waals surface area (Å²) in [6, 6.07) is 7.47. The zero-order valence-electron chi connectivity index (χ0n) is 12.1. The van der Waals surface area contributed by atoms with Crippen molar-refractivity contribution in [3.05, 3.63) is 35.9 Å². The molecule has 0 aliphatic heterocycles. The molecular weight excluding hydrogens is 283 g/mol. The van der Waals surface area contributed by atoms with E-state index in [1.807, 2.05) is 5.32 Å². The molecule has 1 amide bonds. The Balaban J connectivity index is 2.99. The third-order valence-electron chi connectivity index (χ3n) is 3.67. The second-order valence-electron chi connectivity index (χ2n) is 5.07.